The number of hydrogen-bond donors (Lipinski definition) is 0. The van der Waals surface area contributed by atoms with Crippen LogP contribution in [0.3, 0.4) is 0 Å². The van der Waals surface area contributed by atoms with Gasteiger partial charge in [-0.1, -0.05) is 27.1 Å². The van der Waals surface area contributed by atoms with Crippen LogP contribution in [0.5, 0.6) is 0 Å². The number of fused-ring (bicyclic) bond motifs is 1. The van der Waals surface area contributed by atoms with Crippen LogP contribution in [0.25, 0.3) is 0 Å². The first-order valence-electron chi connectivity index (χ1n) is 4.10. The van der Waals surface area contributed by atoms with Gasteiger partial charge < -0.3 is 0 Å². The van der Waals surface area contributed by atoms with Crippen molar-refractivity contribution in [2.24, 2.45) is 11.8 Å². The second kappa shape index (κ2) is 2.26. The van der Waals surface area contributed by atoms with Gasteiger partial charge in [0.15, 0.2) is 0 Å². The van der Waals surface area contributed by atoms with Crippen molar-refractivity contribution in [2.75, 3.05) is 0 Å². The van der Waals surface area contributed by atoms with Crippen molar-refractivity contribution < 1.29 is 0 Å². The molecule has 2 atom stereocenters. The van der Waals surface area contributed by atoms with Gasteiger partial charge in [0.05, 0.1) is 0 Å². The zero-order valence-electron chi connectivity index (χ0n) is 6.82. The molecule has 0 nitrogen and oxygen atoms in total. The first-order valence-corrected chi connectivity index (χ1v) is 5.27. The molecule has 0 heterocycles. The quantitative estimate of drug-likeness (QED) is 0.444. The molecule has 2 unspecified atom stereocenters. The fourth-order valence-corrected chi connectivity index (χ4v) is 3.93. The molecule has 0 aromatic carbocycles. The summed E-state index contributed by atoms with van der Waals surface area (Å²) >= 11 is 9.89. The van der Waals surface area contributed by atoms with E-state index in [-0.39, 0.29) is 3.78 Å². The summed E-state index contributed by atoms with van der Waals surface area (Å²) in [5, 5.41) is 0. The highest BCUT2D eigenvalue weighted by molar-refractivity contribution is 9.10. The molecule has 11 heavy (non-hydrogen) atoms. The van der Waals surface area contributed by atoms with Crippen LogP contribution < -0.4 is 0 Å². The van der Waals surface area contributed by atoms with Crippen molar-refractivity contribution in [3.05, 3.63) is 11.1 Å². The summed E-state index contributed by atoms with van der Waals surface area (Å²) in [5.41, 5.74) is 3.10. The maximum atomic E-state index is 6.29. The van der Waals surface area contributed by atoms with Crippen LogP contribution in [-0.4, -0.2) is 3.78 Å². The molecule has 0 aliphatic heterocycles. The fraction of sp³-hybridized carbons (Fsp3) is 0.778. The van der Waals surface area contributed by atoms with Crippen molar-refractivity contribution in [3.63, 3.8) is 0 Å². The Morgan fingerprint density at radius 3 is 2.09 bits per heavy atom. The monoisotopic (exact) mass is 234 g/mol. The molecule has 3 fully saturated rings. The van der Waals surface area contributed by atoms with Crippen LogP contribution in [0, 0.1) is 11.8 Å². The van der Waals surface area contributed by atoms with Crippen molar-refractivity contribution in [2.45, 2.75) is 30.5 Å². The molecule has 3 saturated carbocycles. The lowest BCUT2D eigenvalue weighted by atomic mass is 9.75. The van der Waals surface area contributed by atoms with Gasteiger partial charge in [-0.05, 0) is 26.7 Å². The van der Waals surface area contributed by atoms with Gasteiger partial charge in [0, 0.05) is 11.8 Å². The molecule has 0 radical (unpaired) electrons. The Balaban J connectivity index is 2.34. The molecule has 2 heteroatoms. The summed E-state index contributed by atoms with van der Waals surface area (Å²) in [6, 6.07) is 0. The highest BCUT2D eigenvalue weighted by Gasteiger charge is 2.60. The number of allylic oxidation sites excluding steroid dienone is 2. The molecule has 0 amide bonds. The minimum Gasteiger partial charge on any atom is -0.105 e. The van der Waals surface area contributed by atoms with Crippen LogP contribution in [0.2, 0.25) is 0 Å². The van der Waals surface area contributed by atoms with Gasteiger partial charge >= 0.3 is 0 Å². The number of rotatable bonds is 0. The van der Waals surface area contributed by atoms with Gasteiger partial charge in [0.25, 0.3) is 0 Å². The Kier molecular flexibility index (Phi) is 1.67. The molecule has 0 aromatic rings. The fourth-order valence-electron chi connectivity index (χ4n) is 2.53. The smallest absolute Gasteiger partial charge is 0.105 e. The molecule has 3 aliphatic rings. The van der Waals surface area contributed by atoms with Crippen LogP contribution in [0.15, 0.2) is 11.1 Å². The van der Waals surface area contributed by atoms with Gasteiger partial charge in [0.1, 0.15) is 3.78 Å². The maximum Gasteiger partial charge on any atom is 0.112 e. The average Bonchev–Trinajstić information content (AvgIpc) is 2.40. The SMILES string of the molecule is CC(C)=C1C2CCC1C2(Cl)Br. The van der Waals surface area contributed by atoms with Gasteiger partial charge in [-0.25, -0.2) is 0 Å². The third-order valence-electron chi connectivity index (χ3n) is 3.00. The van der Waals surface area contributed by atoms with E-state index >= 15 is 0 Å². The Bertz CT molecular complexity index is 210. The van der Waals surface area contributed by atoms with Crippen LogP contribution in [0.4, 0.5) is 0 Å². The van der Waals surface area contributed by atoms with E-state index in [0.29, 0.717) is 11.8 Å². The largest absolute Gasteiger partial charge is 0.112 e. The van der Waals surface area contributed by atoms with Crippen molar-refractivity contribution in [1.82, 2.24) is 0 Å². The summed E-state index contributed by atoms with van der Waals surface area (Å²) in [5.74, 6) is 1.25. The summed E-state index contributed by atoms with van der Waals surface area (Å²) in [7, 11) is 0. The minimum absolute atomic E-state index is 0.0698. The van der Waals surface area contributed by atoms with E-state index in [1.165, 1.54) is 18.4 Å². The van der Waals surface area contributed by atoms with E-state index in [1.54, 1.807) is 5.57 Å². The molecule has 0 aromatic heterocycles. The zero-order valence-corrected chi connectivity index (χ0v) is 9.17. The Morgan fingerprint density at radius 1 is 1.45 bits per heavy atom. The van der Waals surface area contributed by atoms with Crippen molar-refractivity contribution >= 4 is 27.5 Å². The minimum atomic E-state index is -0.0698. The molecule has 62 valence electrons. The third kappa shape index (κ3) is 0.874. The molecule has 2 bridgehead atoms. The lowest BCUT2D eigenvalue weighted by Crippen LogP contribution is -2.42. The number of hydrogen-bond acceptors (Lipinski definition) is 0. The predicted octanol–water partition coefficient (Wildman–Crippen LogP) is 3.69. The van der Waals surface area contributed by atoms with Gasteiger partial charge in [-0.2, -0.15) is 0 Å². The summed E-state index contributed by atoms with van der Waals surface area (Å²) in [4.78, 5) is 0. The van der Waals surface area contributed by atoms with Gasteiger partial charge in [0.2, 0.25) is 0 Å². The lowest BCUT2D eigenvalue weighted by Gasteiger charge is -2.44. The molecule has 0 saturated heterocycles. The summed E-state index contributed by atoms with van der Waals surface area (Å²) in [6.07, 6.45) is 2.56. The number of halogens is 2. The van der Waals surface area contributed by atoms with Crippen LogP contribution in [0.1, 0.15) is 26.7 Å². The van der Waals surface area contributed by atoms with Crippen LogP contribution in [-0.2, 0) is 0 Å². The van der Waals surface area contributed by atoms with Crippen LogP contribution >= 0.6 is 27.5 Å². The molecule has 0 N–H and O–H groups in total. The third-order valence-corrected chi connectivity index (χ3v) is 4.63. The second-order valence-corrected chi connectivity index (χ2v) is 6.21. The van der Waals surface area contributed by atoms with Crippen molar-refractivity contribution in [1.29, 1.82) is 0 Å². The highest BCUT2D eigenvalue weighted by Crippen LogP contribution is 2.67. The van der Waals surface area contributed by atoms with Crippen molar-refractivity contribution in [3.8, 4) is 0 Å². The first-order chi connectivity index (χ1) is 5.05. The van der Waals surface area contributed by atoms with E-state index in [1.807, 2.05) is 0 Å². The Morgan fingerprint density at radius 2 is 1.91 bits per heavy atom. The lowest BCUT2D eigenvalue weighted by molar-refractivity contribution is 0.418. The van der Waals surface area contributed by atoms with Gasteiger partial charge in [-0.15, -0.1) is 11.6 Å². The highest BCUT2D eigenvalue weighted by atomic mass is 79.9. The summed E-state index contributed by atoms with van der Waals surface area (Å²) < 4.78 is -0.0698. The normalized spacial score (nSPS) is 47.5. The van der Waals surface area contributed by atoms with E-state index in [2.05, 4.69) is 29.8 Å². The van der Waals surface area contributed by atoms with E-state index < -0.39 is 0 Å². The molecular formula is C9H12BrCl. The molecule has 3 rings (SSSR count). The summed E-state index contributed by atoms with van der Waals surface area (Å²) in [6.45, 7) is 4.39. The molecular weight excluding hydrogens is 223 g/mol. The standard InChI is InChI=1S/C9H12BrCl/c1-5(2)8-6-3-4-7(8)9(6,10)11/h6-7H,3-4H2,1-2H3. The Labute approximate surface area is 81.1 Å². The average molecular weight is 236 g/mol. The van der Waals surface area contributed by atoms with Gasteiger partial charge in [-0.3, -0.25) is 0 Å². The first kappa shape index (κ1) is 8.12. The predicted molar refractivity (Wildman–Crippen MR) is 52.1 cm³/mol. The number of alkyl halides is 2. The van der Waals surface area contributed by atoms with E-state index in [9.17, 15) is 0 Å². The molecule has 0 spiro atoms. The zero-order chi connectivity index (χ0) is 8.22. The maximum absolute atomic E-state index is 6.29. The Hall–Kier alpha value is 0.510. The molecule has 3 aliphatic carbocycles. The van der Waals surface area contributed by atoms with E-state index in [0.717, 1.165) is 0 Å². The second-order valence-electron chi connectivity index (χ2n) is 3.81. The topological polar surface area (TPSA) is 0 Å². The van der Waals surface area contributed by atoms with E-state index in [4.69, 9.17) is 11.6 Å².